The van der Waals surface area contributed by atoms with E-state index < -0.39 is 35.7 Å². The van der Waals surface area contributed by atoms with E-state index in [1.807, 2.05) is 36.4 Å². The first kappa shape index (κ1) is 23.3. The van der Waals surface area contributed by atoms with E-state index >= 15 is 0 Å². The summed E-state index contributed by atoms with van der Waals surface area (Å²) in [6, 6.07) is 14.4. The van der Waals surface area contributed by atoms with Crippen LogP contribution in [-0.4, -0.2) is 42.3 Å². The van der Waals surface area contributed by atoms with Crippen molar-refractivity contribution in [3.63, 3.8) is 0 Å². The zero-order valence-electron chi connectivity index (χ0n) is 19.1. The molecule has 0 spiro atoms. The molecule has 2 atom stereocenters. The molecule has 0 saturated heterocycles. The molecule has 0 aromatic heterocycles. The molecule has 0 radical (unpaired) electrons. The van der Waals surface area contributed by atoms with Crippen LogP contribution in [0, 0.1) is 0 Å². The smallest absolute Gasteiger partial charge is 0.407 e. The van der Waals surface area contributed by atoms with Crippen LogP contribution in [0.1, 0.15) is 51.7 Å². The molecule has 32 heavy (non-hydrogen) atoms. The van der Waals surface area contributed by atoms with Crippen molar-refractivity contribution in [1.29, 1.82) is 0 Å². The number of nitrogens with one attached hydrogen (secondary N) is 2. The fraction of sp³-hybridized carbons (Fsp3) is 0.400. The topological polar surface area (TPSA) is 93.7 Å². The average molecular weight is 439 g/mol. The lowest BCUT2D eigenvalue weighted by atomic mass is 9.98. The number of esters is 1. The number of hydrogen-bond acceptors (Lipinski definition) is 5. The fourth-order valence-corrected chi connectivity index (χ4v) is 3.67. The molecular formula is C25H30N2O5. The van der Waals surface area contributed by atoms with E-state index in [9.17, 15) is 14.4 Å². The van der Waals surface area contributed by atoms with Crippen molar-refractivity contribution in [2.45, 2.75) is 58.2 Å². The molecule has 0 saturated carbocycles. The molecule has 7 heteroatoms. The summed E-state index contributed by atoms with van der Waals surface area (Å²) in [5, 5.41) is 5.07. The minimum Gasteiger partial charge on any atom is -0.458 e. The number of ether oxygens (including phenoxy) is 2. The van der Waals surface area contributed by atoms with Gasteiger partial charge in [0, 0.05) is 5.92 Å². The summed E-state index contributed by atoms with van der Waals surface area (Å²) in [5.74, 6) is -1.11. The van der Waals surface area contributed by atoms with E-state index in [1.54, 1.807) is 20.8 Å². The second-order valence-electron chi connectivity index (χ2n) is 8.96. The average Bonchev–Trinajstić information content (AvgIpc) is 3.04. The van der Waals surface area contributed by atoms with Gasteiger partial charge in [0.15, 0.2) is 0 Å². The van der Waals surface area contributed by atoms with Crippen LogP contribution in [0.5, 0.6) is 0 Å². The van der Waals surface area contributed by atoms with Crippen molar-refractivity contribution in [3.05, 3.63) is 59.7 Å². The van der Waals surface area contributed by atoms with Crippen LogP contribution in [0.4, 0.5) is 4.79 Å². The Morgan fingerprint density at radius 1 is 0.875 bits per heavy atom. The Balaban J connectivity index is 1.54. The van der Waals surface area contributed by atoms with Gasteiger partial charge in [-0.2, -0.15) is 0 Å². The van der Waals surface area contributed by atoms with Gasteiger partial charge in [0.2, 0.25) is 5.91 Å². The molecule has 2 N–H and O–H groups in total. The van der Waals surface area contributed by atoms with E-state index in [-0.39, 0.29) is 12.5 Å². The molecule has 1 aliphatic rings. The highest BCUT2D eigenvalue weighted by atomic mass is 16.6. The molecule has 0 bridgehead atoms. The molecule has 7 nitrogen and oxygen atoms in total. The number of carbonyl (C=O) groups is 3. The van der Waals surface area contributed by atoms with Crippen molar-refractivity contribution in [2.75, 3.05) is 6.61 Å². The Morgan fingerprint density at radius 2 is 1.41 bits per heavy atom. The van der Waals surface area contributed by atoms with Gasteiger partial charge in [0.05, 0.1) is 0 Å². The van der Waals surface area contributed by atoms with Gasteiger partial charge in [0.25, 0.3) is 0 Å². The quantitative estimate of drug-likeness (QED) is 0.670. The molecule has 0 unspecified atom stereocenters. The zero-order chi connectivity index (χ0) is 23.5. The van der Waals surface area contributed by atoms with Crippen molar-refractivity contribution in [3.8, 4) is 11.1 Å². The normalized spacial score (nSPS) is 14.5. The molecule has 1 aliphatic carbocycles. The van der Waals surface area contributed by atoms with Gasteiger partial charge in [0.1, 0.15) is 24.3 Å². The van der Waals surface area contributed by atoms with E-state index in [4.69, 9.17) is 9.47 Å². The lowest BCUT2D eigenvalue weighted by Gasteiger charge is -2.23. The van der Waals surface area contributed by atoms with Crippen molar-refractivity contribution >= 4 is 18.0 Å². The molecule has 170 valence electrons. The Morgan fingerprint density at radius 3 is 1.94 bits per heavy atom. The summed E-state index contributed by atoms with van der Waals surface area (Å²) in [7, 11) is 0. The summed E-state index contributed by atoms with van der Waals surface area (Å²) < 4.78 is 10.7. The Bertz CT molecular complexity index is 966. The van der Waals surface area contributed by atoms with Crippen LogP contribution in [-0.2, 0) is 19.1 Å². The number of amides is 2. The first-order valence-electron chi connectivity index (χ1n) is 10.7. The number of benzene rings is 2. The maximum Gasteiger partial charge on any atom is 0.407 e. The molecule has 0 fully saturated rings. The van der Waals surface area contributed by atoms with E-state index in [1.165, 1.54) is 13.8 Å². The monoisotopic (exact) mass is 438 g/mol. The van der Waals surface area contributed by atoms with Gasteiger partial charge >= 0.3 is 12.1 Å². The summed E-state index contributed by atoms with van der Waals surface area (Å²) in [4.78, 5) is 36.7. The fourth-order valence-electron chi connectivity index (χ4n) is 3.67. The summed E-state index contributed by atoms with van der Waals surface area (Å²) >= 11 is 0. The highest BCUT2D eigenvalue weighted by Crippen LogP contribution is 2.44. The van der Waals surface area contributed by atoms with Crippen LogP contribution in [0.25, 0.3) is 11.1 Å². The Labute approximate surface area is 188 Å². The predicted octanol–water partition coefficient (Wildman–Crippen LogP) is 3.76. The molecule has 2 aromatic carbocycles. The maximum absolute atomic E-state index is 12.4. The number of rotatable bonds is 6. The van der Waals surface area contributed by atoms with Gasteiger partial charge in [-0.3, -0.25) is 4.79 Å². The van der Waals surface area contributed by atoms with Crippen LogP contribution >= 0.6 is 0 Å². The number of hydrogen-bond donors (Lipinski definition) is 2. The van der Waals surface area contributed by atoms with Gasteiger partial charge in [-0.1, -0.05) is 48.5 Å². The lowest BCUT2D eigenvalue weighted by Crippen LogP contribution is -2.50. The van der Waals surface area contributed by atoms with Crippen LogP contribution in [0.15, 0.2) is 48.5 Å². The minimum absolute atomic E-state index is 0.0653. The maximum atomic E-state index is 12.4. The predicted molar refractivity (Wildman–Crippen MR) is 121 cm³/mol. The van der Waals surface area contributed by atoms with Gasteiger partial charge in [-0.05, 0) is 56.9 Å². The number of alkyl carbamates (subject to hydrolysis) is 1. The summed E-state index contributed by atoms with van der Waals surface area (Å²) in [6.07, 6.45) is -0.695. The Kier molecular flexibility index (Phi) is 6.87. The van der Waals surface area contributed by atoms with Crippen LogP contribution < -0.4 is 10.6 Å². The third-order valence-electron chi connectivity index (χ3n) is 5.19. The van der Waals surface area contributed by atoms with E-state index in [2.05, 4.69) is 22.8 Å². The number of fused-ring (bicyclic) bond motifs is 3. The lowest BCUT2D eigenvalue weighted by molar-refractivity contribution is -0.158. The summed E-state index contributed by atoms with van der Waals surface area (Å²) in [5.41, 5.74) is 3.85. The molecule has 0 heterocycles. The molecule has 3 rings (SSSR count). The highest BCUT2D eigenvalue weighted by molar-refractivity contribution is 5.89. The van der Waals surface area contributed by atoms with Gasteiger partial charge < -0.3 is 20.1 Å². The number of carbonyl (C=O) groups excluding carboxylic acids is 3. The van der Waals surface area contributed by atoms with Crippen molar-refractivity contribution < 1.29 is 23.9 Å². The van der Waals surface area contributed by atoms with E-state index in [0.29, 0.717) is 0 Å². The second kappa shape index (κ2) is 9.42. The molecule has 2 amide bonds. The zero-order valence-corrected chi connectivity index (χ0v) is 19.1. The van der Waals surface area contributed by atoms with E-state index in [0.717, 1.165) is 22.3 Å². The SMILES string of the molecule is C[C@H](NC(=O)OCC1c2ccccc2-c2ccccc21)C(=O)N[C@H](C)C(=O)OC(C)(C)C. The molecule has 2 aromatic rings. The first-order valence-corrected chi connectivity index (χ1v) is 10.7. The third-order valence-corrected chi connectivity index (χ3v) is 5.19. The molecular weight excluding hydrogens is 408 g/mol. The molecule has 0 aliphatic heterocycles. The standard InChI is InChI=1S/C25H30N2O5/c1-15(22(28)26-16(2)23(29)32-25(3,4)5)27-24(30)31-14-21-19-12-8-6-10-17(19)18-11-7-9-13-20(18)21/h6-13,15-16,21H,14H2,1-5H3,(H,26,28)(H,27,30)/t15-,16+/m0/s1. The third kappa shape index (κ3) is 5.46. The van der Waals surface area contributed by atoms with Crippen LogP contribution in [0.2, 0.25) is 0 Å². The van der Waals surface area contributed by atoms with Crippen molar-refractivity contribution in [1.82, 2.24) is 10.6 Å². The van der Waals surface area contributed by atoms with Crippen molar-refractivity contribution in [2.24, 2.45) is 0 Å². The van der Waals surface area contributed by atoms with Crippen LogP contribution in [0.3, 0.4) is 0 Å². The van der Waals surface area contributed by atoms with Gasteiger partial charge in [-0.15, -0.1) is 0 Å². The minimum atomic E-state index is -0.879. The Hall–Kier alpha value is -3.35. The second-order valence-corrected chi connectivity index (χ2v) is 8.96. The largest absolute Gasteiger partial charge is 0.458 e. The first-order chi connectivity index (χ1) is 15.1. The summed E-state index contributed by atoms with van der Waals surface area (Å²) in [6.45, 7) is 8.47. The highest BCUT2D eigenvalue weighted by Gasteiger charge is 2.30. The van der Waals surface area contributed by atoms with Gasteiger partial charge in [-0.25, -0.2) is 9.59 Å².